The van der Waals surface area contributed by atoms with Gasteiger partial charge in [-0.25, -0.2) is 0 Å². The predicted molar refractivity (Wildman–Crippen MR) is 86.5 cm³/mol. The first-order chi connectivity index (χ1) is 9.19. The van der Waals surface area contributed by atoms with Crippen LogP contribution in [0.15, 0.2) is 54.6 Å². The van der Waals surface area contributed by atoms with E-state index in [1.807, 2.05) is 43.5 Å². The Morgan fingerprint density at radius 2 is 1.95 bits per heavy atom. The first-order valence-corrected chi connectivity index (χ1v) is 7.58. The molecule has 19 heavy (non-hydrogen) atoms. The van der Waals surface area contributed by atoms with Gasteiger partial charge >= 0.3 is 0 Å². The smallest absolute Gasteiger partial charge is 0.219 e. The minimum Gasteiger partial charge on any atom is -0.282 e. The number of allylic oxidation sites excluding steroid dienone is 5. The number of thioether (sulfide) groups is 1. The van der Waals surface area contributed by atoms with Crippen molar-refractivity contribution in [2.75, 3.05) is 6.26 Å². The zero-order valence-electron chi connectivity index (χ0n) is 11.8. The summed E-state index contributed by atoms with van der Waals surface area (Å²) in [5, 5.41) is 0.101. The highest BCUT2D eigenvalue weighted by Crippen LogP contribution is 2.29. The SMILES string of the molecule is C=C/C=C(CC)\C(=C/C)c1ccccc1C(=O)SC. The van der Waals surface area contributed by atoms with Gasteiger partial charge in [0, 0.05) is 5.56 Å². The average Bonchev–Trinajstić information content (AvgIpc) is 2.46. The van der Waals surface area contributed by atoms with Gasteiger partial charge in [0.1, 0.15) is 0 Å². The van der Waals surface area contributed by atoms with Gasteiger partial charge in [-0.15, -0.1) is 0 Å². The molecule has 1 rings (SSSR count). The Morgan fingerprint density at radius 3 is 2.42 bits per heavy atom. The Kier molecular flexibility index (Phi) is 6.37. The van der Waals surface area contributed by atoms with Crippen molar-refractivity contribution in [3.05, 3.63) is 65.8 Å². The molecule has 0 aliphatic carbocycles. The van der Waals surface area contributed by atoms with Crippen molar-refractivity contribution in [1.29, 1.82) is 0 Å². The summed E-state index contributed by atoms with van der Waals surface area (Å²) < 4.78 is 0. The Hall–Kier alpha value is -1.54. The maximum Gasteiger partial charge on any atom is 0.219 e. The minimum atomic E-state index is 0.101. The summed E-state index contributed by atoms with van der Waals surface area (Å²) in [6.45, 7) is 7.87. The number of benzene rings is 1. The van der Waals surface area contributed by atoms with Gasteiger partial charge in [0.05, 0.1) is 0 Å². The van der Waals surface area contributed by atoms with E-state index in [1.54, 1.807) is 6.08 Å². The van der Waals surface area contributed by atoms with Crippen LogP contribution in [0.4, 0.5) is 0 Å². The Balaban J connectivity index is 3.38. The molecule has 0 aromatic heterocycles. The summed E-state index contributed by atoms with van der Waals surface area (Å²) in [5.41, 5.74) is 4.07. The normalized spacial score (nSPS) is 12.4. The molecule has 0 spiro atoms. The van der Waals surface area contributed by atoms with Crippen LogP contribution in [0.25, 0.3) is 5.57 Å². The molecule has 100 valence electrons. The largest absolute Gasteiger partial charge is 0.282 e. The lowest BCUT2D eigenvalue weighted by Gasteiger charge is -2.14. The van der Waals surface area contributed by atoms with Gasteiger partial charge in [-0.05, 0) is 42.4 Å². The van der Waals surface area contributed by atoms with Crippen LogP contribution in [-0.4, -0.2) is 11.4 Å². The van der Waals surface area contributed by atoms with Crippen molar-refractivity contribution < 1.29 is 4.79 Å². The standard InChI is InChI=1S/C17H20OS/c1-5-10-13(6-2)14(7-3)15-11-8-9-12-16(15)17(18)19-4/h5,7-12H,1,6H2,2-4H3/b13-10-,14-7+. The molecule has 0 N–H and O–H groups in total. The molecular weight excluding hydrogens is 252 g/mol. The van der Waals surface area contributed by atoms with E-state index in [0.29, 0.717) is 0 Å². The number of rotatable bonds is 5. The van der Waals surface area contributed by atoms with Crippen LogP contribution in [0, 0.1) is 0 Å². The summed E-state index contributed by atoms with van der Waals surface area (Å²) in [6, 6.07) is 7.77. The van der Waals surface area contributed by atoms with E-state index in [-0.39, 0.29) is 5.12 Å². The van der Waals surface area contributed by atoms with Crippen molar-refractivity contribution >= 4 is 22.5 Å². The molecule has 1 aromatic rings. The van der Waals surface area contributed by atoms with Gasteiger partial charge in [-0.3, -0.25) is 4.79 Å². The Morgan fingerprint density at radius 1 is 1.32 bits per heavy atom. The number of carbonyl (C=O) groups excluding carboxylic acids is 1. The molecule has 0 saturated heterocycles. The molecule has 0 unspecified atom stereocenters. The van der Waals surface area contributed by atoms with Crippen LogP contribution in [0.1, 0.15) is 36.2 Å². The van der Waals surface area contributed by atoms with Gasteiger partial charge in [0.2, 0.25) is 5.12 Å². The van der Waals surface area contributed by atoms with Gasteiger partial charge in [0.25, 0.3) is 0 Å². The van der Waals surface area contributed by atoms with E-state index in [1.165, 1.54) is 17.3 Å². The van der Waals surface area contributed by atoms with Crippen molar-refractivity contribution in [3.8, 4) is 0 Å². The second kappa shape index (κ2) is 7.80. The van der Waals surface area contributed by atoms with Crippen LogP contribution < -0.4 is 0 Å². The van der Waals surface area contributed by atoms with E-state index in [9.17, 15) is 4.79 Å². The molecular formula is C17H20OS. The third-order valence-electron chi connectivity index (χ3n) is 2.96. The van der Waals surface area contributed by atoms with Crippen LogP contribution >= 0.6 is 11.8 Å². The molecule has 2 heteroatoms. The summed E-state index contributed by atoms with van der Waals surface area (Å²) in [6.07, 6.45) is 8.59. The molecule has 0 atom stereocenters. The highest BCUT2D eigenvalue weighted by atomic mass is 32.2. The third kappa shape index (κ3) is 3.71. The molecule has 0 amide bonds. The van der Waals surface area contributed by atoms with Gasteiger partial charge in [0.15, 0.2) is 0 Å². The zero-order chi connectivity index (χ0) is 14.3. The second-order valence-electron chi connectivity index (χ2n) is 4.02. The second-order valence-corrected chi connectivity index (χ2v) is 4.80. The van der Waals surface area contributed by atoms with E-state index in [4.69, 9.17) is 0 Å². The molecule has 0 aliphatic rings. The summed E-state index contributed by atoms with van der Waals surface area (Å²) in [4.78, 5) is 12.0. The molecule has 0 aliphatic heterocycles. The molecule has 1 nitrogen and oxygen atoms in total. The average molecular weight is 272 g/mol. The van der Waals surface area contributed by atoms with Gasteiger partial charge < -0.3 is 0 Å². The van der Waals surface area contributed by atoms with Crippen LogP contribution in [0.3, 0.4) is 0 Å². The maximum atomic E-state index is 12.0. The van der Waals surface area contributed by atoms with E-state index >= 15 is 0 Å². The molecule has 1 aromatic carbocycles. The van der Waals surface area contributed by atoms with Gasteiger partial charge in [-0.2, -0.15) is 0 Å². The number of carbonyl (C=O) groups is 1. The maximum absolute atomic E-state index is 12.0. The van der Waals surface area contributed by atoms with Crippen molar-refractivity contribution in [3.63, 3.8) is 0 Å². The molecule has 0 radical (unpaired) electrons. The number of hydrogen-bond acceptors (Lipinski definition) is 2. The van der Waals surface area contributed by atoms with E-state index in [2.05, 4.69) is 19.6 Å². The van der Waals surface area contributed by atoms with E-state index in [0.717, 1.165) is 23.1 Å². The van der Waals surface area contributed by atoms with Crippen LogP contribution in [0.2, 0.25) is 0 Å². The highest BCUT2D eigenvalue weighted by molar-refractivity contribution is 8.13. The van der Waals surface area contributed by atoms with Crippen molar-refractivity contribution in [2.45, 2.75) is 20.3 Å². The Labute approximate surface area is 120 Å². The highest BCUT2D eigenvalue weighted by Gasteiger charge is 2.14. The lowest BCUT2D eigenvalue weighted by molar-refractivity contribution is 0.108. The summed E-state index contributed by atoms with van der Waals surface area (Å²) >= 11 is 1.25. The van der Waals surface area contributed by atoms with Gasteiger partial charge in [-0.1, -0.05) is 61.7 Å². The fourth-order valence-corrected chi connectivity index (χ4v) is 2.46. The lowest BCUT2D eigenvalue weighted by atomic mass is 9.92. The van der Waals surface area contributed by atoms with Crippen molar-refractivity contribution in [1.82, 2.24) is 0 Å². The summed E-state index contributed by atoms with van der Waals surface area (Å²) in [5.74, 6) is 0. The fourth-order valence-electron chi connectivity index (χ4n) is 2.06. The quantitative estimate of drug-likeness (QED) is 0.692. The third-order valence-corrected chi connectivity index (χ3v) is 3.55. The minimum absolute atomic E-state index is 0.101. The zero-order valence-corrected chi connectivity index (χ0v) is 12.6. The first kappa shape index (κ1) is 15.5. The monoisotopic (exact) mass is 272 g/mol. The van der Waals surface area contributed by atoms with Crippen LogP contribution in [0.5, 0.6) is 0 Å². The number of hydrogen-bond donors (Lipinski definition) is 0. The fraction of sp³-hybridized carbons (Fsp3) is 0.235. The summed E-state index contributed by atoms with van der Waals surface area (Å²) in [7, 11) is 0. The molecule has 0 heterocycles. The Bertz CT molecular complexity index is 524. The van der Waals surface area contributed by atoms with E-state index < -0.39 is 0 Å². The molecule has 0 saturated carbocycles. The predicted octanol–water partition coefficient (Wildman–Crippen LogP) is 5.12. The van der Waals surface area contributed by atoms with Crippen LogP contribution in [-0.2, 0) is 0 Å². The molecule has 0 fully saturated rings. The topological polar surface area (TPSA) is 17.1 Å². The van der Waals surface area contributed by atoms with Crippen molar-refractivity contribution in [2.24, 2.45) is 0 Å². The first-order valence-electron chi connectivity index (χ1n) is 6.35. The lowest BCUT2D eigenvalue weighted by Crippen LogP contribution is -2.00. The molecule has 0 bridgehead atoms.